The molecule has 96 valence electrons. The molecule has 1 aromatic carbocycles. The van der Waals surface area contributed by atoms with E-state index in [1.54, 1.807) is 6.07 Å². The van der Waals surface area contributed by atoms with Crippen LogP contribution in [0, 0.1) is 3.70 Å². The maximum absolute atomic E-state index is 13.1. The summed E-state index contributed by atoms with van der Waals surface area (Å²) in [7, 11) is 1.31. The van der Waals surface area contributed by atoms with Crippen molar-refractivity contribution < 1.29 is 13.9 Å². The summed E-state index contributed by atoms with van der Waals surface area (Å²) in [6.45, 7) is -0.635. The van der Waals surface area contributed by atoms with Crippen LogP contribution in [0.1, 0.15) is 5.56 Å². The van der Waals surface area contributed by atoms with Gasteiger partial charge in [0.2, 0.25) is 0 Å². The van der Waals surface area contributed by atoms with Crippen LogP contribution in [0.5, 0.6) is 0 Å². The first kappa shape index (κ1) is 13.7. The Balaban J connectivity index is 2.64. The molecule has 0 aliphatic heterocycles. The highest BCUT2D eigenvalue weighted by atomic mass is 127. The lowest BCUT2D eigenvalue weighted by Gasteiger charge is -2.05. The van der Waals surface area contributed by atoms with E-state index in [4.69, 9.17) is 0 Å². The Morgan fingerprint density at radius 3 is 2.94 bits per heavy atom. The number of carbonyl (C=O) groups is 1. The van der Waals surface area contributed by atoms with Crippen LogP contribution in [0.4, 0.5) is 4.39 Å². The fraction of sp³-hybridized carbons (Fsp3) is 0.273. The predicted molar refractivity (Wildman–Crippen MR) is 77.0 cm³/mol. The molecule has 0 amide bonds. The van der Waals surface area contributed by atoms with E-state index in [1.165, 1.54) is 11.8 Å². The molecule has 0 spiro atoms. The largest absolute Gasteiger partial charge is 0.468 e. The third-order valence-corrected chi connectivity index (χ3v) is 3.75. The number of carbonyl (C=O) groups excluding carboxylic acids is 1. The lowest BCUT2D eigenvalue weighted by molar-refractivity contribution is -0.141. The Morgan fingerprint density at radius 1 is 1.61 bits per heavy atom. The maximum atomic E-state index is 13.1. The predicted octanol–water partition coefficient (Wildman–Crippen LogP) is 3.05. The molecule has 0 saturated carbocycles. The van der Waals surface area contributed by atoms with Gasteiger partial charge in [0.1, 0.15) is 16.9 Å². The van der Waals surface area contributed by atoms with Gasteiger partial charge in [-0.3, -0.25) is 9.48 Å². The Kier molecular flexibility index (Phi) is 4.21. The molecule has 1 heterocycles. The van der Waals surface area contributed by atoms with Crippen LogP contribution >= 0.6 is 38.5 Å². The number of hydrogen-bond acceptors (Lipinski definition) is 3. The van der Waals surface area contributed by atoms with Crippen LogP contribution in [0.25, 0.3) is 10.9 Å². The summed E-state index contributed by atoms with van der Waals surface area (Å²) in [5.41, 5.74) is 1.13. The van der Waals surface area contributed by atoms with Crippen molar-refractivity contribution >= 4 is 55.4 Å². The number of rotatable bonds is 3. The van der Waals surface area contributed by atoms with Gasteiger partial charge in [-0.15, -0.1) is 0 Å². The van der Waals surface area contributed by atoms with E-state index in [0.29, 0.717) is 11.1 Å². The quantitative estimate of drug-likeness (QED) is 0.559. The molecule has 1 aromatic heterocycles. The summed E-state index contributed by atoms with van der Waals surface area (Å²) < 4.78 is 20.7. The van der Waals surface area contributed by atoms with Gasteiger partial charge >= 0.3 is 5.97 Å². The van der Waals surface area contributed by atoms with Crippen LogP contribution in [0.15, 0.2) is 16.6 Å². The van der Waals surface area contributed by atoms with Gasteiger partial charge in [0.15, 0.2) is 0 Å². The molecule has 2 aromatic rings. The molecule has 0 atom stereocenters. The smallest absolute Gasteiger partial charge is 0.327 e. The zero-order valence-corrected chi connectivity index (χ0v) is 13.2. The van der Waals surface area contributed by atoms with E-state index >= 15 is 0 Å². The van der Waals surface area contributed by atoms with Crippen molar-refractivity contribution in [2.75, 3.05) is 7.11 Å². The number of methoxy groups -OCH3 is 1. The fourth-order valence-electron chi connectivity index (χ4n) is 1.73. The van der Waals surface area contributed by atoms with Crippen molar-refractivity contribution in [3.63, 3.8) is 0 Å². The number of hydrogen-bond donors (Lipinski definition) is 0. The summed E-state index contributed by atoms with van der Waals surface area (Å²) >= 11 is 5.39. The van der Waals surface area contributed by atoms with Crippen LogP contribution in [0.2, 0.25) is 0 Å². The van der Waals surface area contributed by atoms with E-state index in [-0.39, 0.29) is 6.54 Å². The summed E-state index contributed by atoms with van der Waals surface area (Å²) in [5.74, 6) is -0.413. The highest BCUT2D eigenvalue weighted by molar-refractivity contribution is 14.1. The van der Waals surface area contributed by atoms with Crippen molar-refractivity contribution in [3.05, 3.63) is 25.9 Å². The number of fused-ring (bicyclic) bond motifs is 1. The number of benzene rings is 1. The van der Waals surface area contributed by atoms with Gasteiger partial charge in [-0.1, -0.05) is 15.9 Å². The zero-order valence-electron chi connectivity index (χ0n) is 9.41. The molecule has 0 aliphatic rings. The Bertz CT molecular complexity index is 615. The van der Waals surface area contributed by atoms with Crippen LogP contribution in [0.3, 0.4) is 0 Å². The van der Waals surface area contributed by atoms with Gasteiger partial charge in [0.05, 0.1) is 12.6 Å². The molecule has 0 N–H and O–H groups in total. The highest BCUT2D eigenvalue weighted by Crippen LogP contribution is 2.28. The minimum absolute atomic E-state index is 0.0232. The first-order valence-corrected chi connectivity index (χ1v) is 6.91. The van der Waals surface area contributed by atoms with E-state index in [9.17, 15) is 9.18 Å². The summed E-state index contributed by atoms with van der Waals surface area (Å²) in [5, 5.41) is 5.06. The maximum Gasteiger partial charge on any atom is 0.327 e. The van der Waals surface area contributed by atoms with Gasteiger partial charge in [-0.2, -0.15) is 5.10 Å². The van der Waals surface area contributed by atoms with E-state index in [0.717, 1.165) is 13.6 Å². The average molecular weight is 427 g/mol. The lowest BCUT2D eigenvalue weighted by Crippen LogP contribution is -2.13. The second kappa shape index (κ2) is 5.52. The van der Waals surface area contributed by atoms with Crippen molar-refractivity contribution in [1.82, 2.24) is 9.78 Å². The first-order chi connectivity index (χ1) is 8.56. The summed E-state index contributed by atoms with van der Waals surface area (Å²) in [6, 6.07) is 3.55. The second-order valence-corrected chi connectivity index (χ2v) is 5.56. The van der Waals surface area contributed by atoms with E-state index in [2.05, 4.69) is 48.4 Å². The van der Waals surface area contributed by atoms with Gasteiger partial charge in [0.25, 0.3) is 0 Å². The molecule has 0 unspecified atom stereocenters. The molecule has 0 radical (unpaired) electrons. The Labute approximate surface area is 125 Å². The van der Waals surface area contributed by atoms with Gasteiger partial charge in [-0.05, 0) is 34.7 Å². The third kappa shape index (κ3) is 2.51. The lowest BCUT2D eigenvalue weighted by atomic mass is 10.1. The normalized spacial score (nSPS) is 10.9. The number of alkyl halides is 1. The van der Waals surface area contributed by atoms with Crippen molar-refractivity contribution in [1.29, 1.82) is 0 Å². The minimum Gasteiger partial charge on any atom is -0.468 e. The Hall–Kier alpha value is -0.700. The molecule has 2 rings (SSSR count). The number of aromatic nitrogens is 2. The van der Waals surface area contributed by atoms with Crippen LogP contribution < -0.4 is 0 Å². The van der Waals surface area contributed by atoms with Crippen molar-refractivity contribution in [2.24, 2.45) is 0 Å². The van der Waals surface area contributed by atoms with Gasteiger partial charge in [0, 0.05) is 15.4 Å². The monoisotopic (exact) mass is 426 g/mol. The van der Waals surface area contributed by atoms with Crippen molar-refractivity contribution in [2.45, 2.75) is 13.2 Å². The van der Waals surface area contributed by atoms with Crippen LogP contribution in [-0.4, -0.2) is 22.9 Å². The number of esters is 1. The molecular weight excluding hydrogens is 418 g/mol. The standard InChI is InChI=1S/C11H9BrFIN2O2/c1-18-9(17)5-16-10-6(4-13)2-7(12)3-8(10)11(14)15-16/h2-3H,4-5H2,1H3. The topological polar surface area (TPSA) is 44.1 Å². The molecule has 0 fully saturated rings. The minimum atomic E-state index is -0.612. The number of halogens is 3. The molecule has 7 heteroatoms. The van der Waals surface area contributed by atoms with Gasteiger partial charge < -0.3 is 4.74 Å². The number of nitrogens with zero attached hydrogens (tertiary/aromatic N) is 2. The number of ether oxygens (including phenoxy) is 1. The molecule has 0 saturated heterocycles. The highest BCUT2D eigenvalue weighted by Gasteiger charge is 2.16. The Morgan fingerprint density at radius 2 is 2.33 bits per heavy atom. The zero-order chi connectivity index (χ0) is 13.3. The van der Waals surface area contributed by atoms with E-state index in [1.807, 2.05) is 6.07 Å². The first-order valence-electron chi connectivity index (χ1n) is 5.04. The van der Waals surface area contributed by atoms with Gasteiger partial charge in [-0.25, -0.2) is 4.39 Å². The van der Waals surface area contributed by atoms with Crippen molar-refractivity contribution in [3.8, 4) is 0 Å². The molecule has 4 nitrogen and oxygen atoms in total. The SMILES string of the molecule is COC(=O)Cn1nc(I)c2cc(Br)cc(CF)c21. The third-order valence-electron chi connectivity index (χ3n) is 2.49. The second-order valence-electron chi connectivity index (χ2n) is 3.62. The van der Waals surface area contributed by atoms with Crippen LogP contribution in [-0.2, 0) is 22.8 Å². The molecule has 0 aliphatic carbocycles. The average Bonchev–Trinajstić information content (AvgIpc) is 2.65. The molecule has 0 bridgehead atoms. The summed E-state index contributed by atoms with van der Waals surface area (Å²) in [4.78, 5) is 11.3. The molecular formula is C11H9BrFIN2O2. The van der Waals surface area contributed by atoms with E-state index < -0.39 is 12.6 Å². The summed E-state index contributed by atoms with van der Waals surface area (Å²) in [6.07, 6.45) is 0. The fourth-order valence-corrected chi connectivity index (χ4v) is 2.91. The molecule has 18 heavy (non-hydrogen) atoms.